The lowest BCUT2D eigenvalue weighted by Crippen LogP contribution is -2.20. The molecule has 3 aromatic carbocycles. The number of rotatable bonds is 5. The summed E-state index contributed by atoms with van der Waals surface area (Å²) in [4.78, 5) is 3.61. The van der Waals surface area contributed by atoms with Crippen LogP contribution in [0.5, 0.6) is 11.5 Å². The highest BCUT2D eigenvalue weighted by atomic mass is 32.2. The van der Waals surface area contributed by atoms with Crippen molar-refractivity contribution >= 4 is 21.2 Å². The van der Waals surface area contributed by atoms with Crippen LogP contribution in [0.3, 0.4) is 0 Å². The van der Waals surface area contributed by atoms with Gasteiger partial charge in [0.2, 0.25) is 5.89 Å². The lowest BCUT2D eigenvalue weighted by Gasteiger charge is -2.14. The van der Waals surface area contributed by atoms with E-state index in [0.29, 0.717) is 11.1 Å². The minimum atomic E-state index is -5.07. The monoisotopic (exact) mass is 463 g/mol. The molecule has 0 saturated heterocycles. The number of aryl methyl sites for hydroxylation is 2. The van der Waals surface area contributed by atoms with Gasteiger partial charge in [0.15, 0.2) is 17.1 Å². The van der Waals surface area contributed by atoms with Crippen LogP contribution in [-0.2, 0) is 10.1 Å². The Bertz CT molecular complexity index is 1410. The van der Waals surface area contributed by atoms with Crippen molar-refractivity contribution in [2.24, 2.45) is 0 Å². The van der Waals surface area contributed by atoms with Crippen LogP contribution >= 0.6 is 0 Å². The maximum atomic E-state index is 12.9. The lowest BCUT2D eigenvalue weighted by atomic mass is 10.1. The van der Waals surface area contributed by atoms with Gasteiger partial charge in [-0.3, -0.25) is 0 Å². The summed E-state index contributed by atoms with van der Waals surface area (Å²) < 4.78 is 78.8. The summed E-state index contributed by atoms with van der Waals surface area (Å²) in [6.07, 6.45) is -5.07. The summed E-state index contributed by atoms with van der Waals surface area (Å²) in [5.41, 5.74) is 3.01. The van der Waals surface area contributed by atoms with Crippen LogP contribution in [0.25, 0.3) is 22.6 Å². The quantitative estimate of drug-likeness (QED) is 0.349. The van der Waals surface area contributed by atoms with Crippen molar-refractivity contribution in [1.82, 2.24) is 4.98 Å². The maximum Gasteiger partial charge on any atom is 0.573 e. The first kappa shape index (κ1) is 21.7. The highest BCUT2D eigenvalue weighted by molar-refractivity contribution is 7.87. The molecule has 32 heavy (non-hydrogen) atoms. The van der Waals surface area contributed by atoms with Gasteiger partial charge in [-0.25, -0.2) is 4.98 Å². The van der Waals surface area contributed by atoms with Crippen molar-refractivity contribution in [2.45, 2.75) is 25.1 Å². The molecule has 1 aromatic heterocycles. The molecule has 0 fully saturated rings. The molecule has 0 N–H and O–H groups in total. The van der Waals surface area contributed by atoms with E-state index in [2.05, 4.69) is 9.72 Å². The molecule has 0 unspecified atom stereocenters. The van der Waals surface area contributed by atoms with Crippen LogP contribution in [0, 0.1) is 13.8 Å². The van der Waals surface area contributed by atoms with Gasteiger partial charge in [-0.1, -0.05) is 29.8 Å². The number of benzene rings is 3. The number of aromatic nitrogens is 1. The fourth-order valence-corrected chi connectivity index (χ4v) is 4.13. The van der Waals surface area contributed by atoms with Crippen LogP contribution < -0.4 is 8.92 Å². The van der Waals surface area contributed by atoms with E-state index in [9.17, 15) is 21.6 Å². The summed E-state index contributed by atoms with van der Waals surface area (Å²) >= 11 is 0. The highest BCUT2D eigenvalue weighted by Gasteiger charge is 2.34. The Kier molecular flexibility index (Phi) is 5.33. The van der Waals surface area contributed by atoms with Crippen molar-refractivity contribution in [2.75, 3.05) is 0 Å². The number of hydrogen-bond donors (Lipinski definition) is 0. The number of para-hydroxylation sites is 1. The minimum Gasteiger partial charge on any atom is -0.436 e. The number of oxazole rings is 1. The first-order valence-corrected chi connectivity index (χ1v) is 10.7. The largest absolute Gasteiger partial charge is 0.573 e. The normalized spacial score (nSPS) is 12.2. The third-order valence-electron chi connectivity index (χ3n) is 4.45. The van der Waals surface area contributed by atoms with Crippen molar-refractivity contribution in [3.63, 3.8) is 0 Å². The molecular formula is C22H16F3NO5S. The number of nitrogens with zero attached hydrogens (tertiary/aromatic N) is 1. The molecule has 10 heteroatoms. The molecule has 0 amide bonds. The standard InChI is InChI=1S/C22H16F3NO5S/c1-13-8-10-17(15(11-13)21-26-16-9-7-14(2)12-19(16)29-21)31-32(27,28)20-6-4-3-5-18(20)30-22(23,24)25/h3-12H,1-2H3. The van der Waals surface area contributed by atoms with Crippen LogP contribution in [0.4, 0.5) is 13.2 Å². The summed E-state index contributed by atoms with van der Waals surface area (Å²) in [7, 11) is -4.69. The molecule has 1 heterocycles. The summed E-state index contributed by atoms with van der Waals surface area (Å²) in [5, 5.41) is 0. The van der Waals surface area contributed by atoms with Gasteiger partial charge >= 0.3 is 16.5 Å². The molecule has 166 valence electrons. The Morgan fingerprint density at radius 3 is 2.34 bits per heavy atom. The molecule has 0 aliphatic heterocycles. The first-order valence-electron chi connectivity index (χ1n) is 9.29. The minimum absolute atomic E-state index is 0.110. The van der Waals surface area contributed by atoms with Gasteiger partial charge in [-0.2, -0.15) is 8.42 Å². The number of hydrogen-bond acceptors (Lipinski definition) is 6. The van der Waals surface area contributed by atoms with E-state index in [1.54, 1.807) is 31.2 Å². The molecule has 0 aliphatic rings. The van der Waals surface area contributed by atoms with E-state index < -0.39 is 27.1 Å². The first-order chi connectivity index (χ1) is 15.0. The molecule has 0 aliphatic carbocycles. The van der Waals surface area contributed by atoms with E-state index in [4.69, 9.17) is 8.60 Å². The Hall–Kier alpha value is -3.53. The zero-order valence-electron chi connectivity index (χ0n) is 16.8. The van der Waals surface area contributed by atoms with Gasteiger partial charge < -0.3 is 13.3 Å². The van der Waals surface area contributed by atoms with Crippen LogP contribution in [-0.4, -0.2) is 19.8 Å². The molecule has 0 saturated carbocycles. The van der Waals surface area contributed by atoms with Crippen LogP contribution in [0.2, 0.25) is 0 Å². The topological polar surface area (TPSA) is 78.6 Å². The zero-order chi connectivity index (χ0) is 23.1. The smallest absolute Gasteiger partial charge is 0.436 e. The lowest BCUT2D eigenvalue weighted by molar-refractivity contribution is -0.275. The van der Waals surface area contributed by atoms with Gasteiger partial charge in [0, 0.05) is 0 Å². The number of fused-ring (bicyclic) bond motifs is 1. The second-order valence-electron chi connectivity index (χ2n) is 7.02. The number of alkyl halides is 3. The average molecular weight is 463 g/mol. The SMILES string of the molecule is Cc1ccc(OS(=O)(=O)c2ccccc2OC(F)(F)F)c(-c2nc3ccc(C)cc3o2)c1. The third kappa shape index (κ3) is 4.54. The van der Waals surface area contributed by atoms with E-state index in [-0.39, 0.29) is 17.2 Å². The predicted octanol–water partition coefficient (Wildman–Crippen LogP) is 5.78. The second-order valence-corrected chi connectivity index (χ2v) is 8.54. The zero-order valence-corrected chi connectivity index (χ0v) is 17.6. The molecule has 0 spiro atoms. The van der Waals surface area contributed by atoms with Crippen molar-refractivity contribution in [3.8, 4) is 23.0 Å². The number of halogens is 3. The molecule has 0 atom stereocenters. The number of ether oxygens (including phenoxy) is 1. The Morgan fingerprint density at radius 1 is 0.906 bits per heavy atom. The molecule has 0 radical (unpaired) electrons. The summed E-state index contributed by atoms with van der Waals surface area (Å²) in [6.45, 7) is 3.66. The van der Waals surface area contributed by atoms with Gasteiger partial charge in [-0.05, 0) is 55.8 Å². The fraction of sp³-hybridized carbons (Fsp3) is 0.136. The maximum absolute atomic E-state index is 12.9. The molecule has 4 aromatic rings. The van der Waals surface area contributed by atoms with Gasteiger partial charge in [0.05, 0.1) is 5.56 Å². The van der Waals surface area contributed by atoms with Crippen LogP contribution in [0.15, 0.2) is 70.0 Å². The van der Waals surface area contributed by atoms with E-state index >= 15 is 0 Å². The van der Waals surface area contributed by atoms with E-state index in [0.717, 1.165) is 23.3 Å². The van der Waals surface area contributed by atoms with Crippen molar-refractivity contribution < 1.29 is 34.9 Å². The molecular weight excluding hydrogens is 447 g/mol. The molecule has 6 nitrogen and oxygen atoms in total. The van der Waals surface area contributed by atoms with Gasteiger partial charge in [0.1, 0.15) is 10.4 Å². The Labute approximate surface area is 181 Å². The second kappa shape index (κ2) is 7.86. The molecule has 4 rings (SSSR count). The summed E-state index contributed by atoms with van der Waals surface area (Å²) in [6, 6.07) is 14.3. The van der Waals surface area contributed by atoms with Crippen LogP contribution in [0.1, 0.15) is 11.1 Å². The van der Waals surface area contributed by atoms with E-state index in [1.165, 1.54) is 18.2 Å². The summed E-state index contributed by atoms with van der Waals surface area (Å²) in [5.74, 6) is -0.939. The third-order valence-corrected chi connectivity index (χ3v) is 5.73. The van der Waals surface area contributed by atoms with Gasteiger partial charge in [0.25, 0.3) is 0 Å². The van der Waals surface area contributed by atoms with Gasteiger partial charge in [-0.15, -0.1) is 13.2 Å². The van der Waals surface area contributed by atoms with Crippen molar-refractivity contribution in [3.05, 3.63) is 71.8 Å². The molecule has 0 bridgehead atoms. The predicted molar refractivity (Wildman–Crippen MR) is 110 cm³/mol. The van der Waals surface area contributed by atoms with Crippen molar-refractivity contribution in [1.29, 1.82) is 0 Å². The average Bonchev–Trinajstić information content (AvgIpc) is 3.11. The highest BCUT2D eigenvalue weighted by Crippen LogP contribution is 2.36. The Balaban J connectivity index is 1.77. The van der Waals surface area contributed by atoms with E-state index in [1.807, 2.05) is 13.0 Å². The Morgan fingerprint density at radius 2 is 1.59 bits per heavy atom. The fourth-order valence-electron chi connectivity index (χ4n) is 3.06.